The summed E-state index contributed by atoms with van der Waals surface area (Å²) in [4.78, 5) is 64.0. The molecule has 2 aromatic heterocycles. The molecule has 4 aliphatic heterocycles. The van der Waals surface area contributed by atoms with Gasteiger partial charge in [0.25, 0.3) is 17.9 Å². The van der Waals surface area contributed by atoms with Crippen molar-refractivity contribution in [3.05, 3.63) is 117 Å². The number of carbonyl (C=O) groups is 2. The Bertz CT molecular complexity index is 2650. The van der Waals surface area contributed by atoms with Gasteiger partial charge in [-0.25, -0.2) is 34.0 Å². The van der Waals surface area contributed by atoms with Crippen molar-refractivity contribution in [3.8, 4) is 5.69 Å². The van der Waals surface area contributed by atoms with Crippen molar-refractivity contribution < 1.29 is 28.7 Å². The molecule has 0 spiro atoms. The van der Waals surface area contributed by atoms with E-state index in [0.29, 0.717) is 77.4 Å². The number of aryl methyl sites for hydroxylation is 2. The van der Waals surface area contributed by atoms with E-state index in [0.717, 1.165) is 23.7 Å². The molecule has 6 heterocycles. The van der Waals surface area contributed by atoms with Crippen molar-refractivity contribution in [2.45, 2.75) is 77.3 Å². The summed E-state index contributed by atoms with van der Waals surface area (Å²) < 4.78 is 24.1. The van der Waals surface area contributed by atoms with Crippen molar-refractivity contribution in [2.24, 2.45) is 10.9 Å². The number of aromatic nitrogens is 3. The van der Waals surface area contributed by atoms with Crippen LogP contribution in [-0.2, 0) is 21.5 Å². The first-order valence-corrected chi connectivity index (χ1v) is 20.8. The number of rotatable bonds is 7. The lowest BCUT2D eigenvalue weighted by Crippen LogP contribution is -2.46. The molecule has 5 aromatic rings. The second-order valence-corrected chi connectivity index (χ2v) is 16.8. The van der Waals surface area contributed by atoms with E-state index in [2.05, 4.69) is 40.2 Å². The number of hydrogen-bond acceptors (Lipinski definition) is 9. The van der Waals surface area contributed by atoms with Gasteiger partial charge >= 0.3 is 6.03 Å². The Morgan fingerprint density at radius 2 is 1.65 bits per heavy atom. The summed E-state index contributed by atoms with van der Waals surface area (Å²) in [6.07, 6.45) is 1.35. The number of carbonyl (C=O) groups excluding carboxylic acids is 2. The van der Waals surface area contributed by atoms with Crippen LogP contribution >= 0.6 is 0 Å². The molecule has 10 rings (SSSR count). The fourth-order valence-corrected chi connectivity index (χ4v) is 9.91. The van der Waals surface area contributed by atoms with Gasteiger partial charge in [0.1, 0.15) is 17.1 Å². The lowest BCUT2D eigenvalue weighted by molar-refractivity contribution is -0.103. The number of amidine groups is 1. The van der Waals surface area contributed by atoms with Crippen molar-refractivity contribution >= 4 is 40.3 Å². The Kier molecular flexibility index (Phi) is 9.18. The molecule has 1 aliphatic carbocycles. The number of hydrogen-bond donors (Lipinski definition) is 2. The normalized spacial score (nSPS) is 24.2. The first kappa shape index (κ1) is 38.3. The number of fused-ring (bicyclic) bond motifs is 2. The monoisotopic (exact) mass is 814 g/mol. The summed E-state index contributed by atoms with van der Waals surface area (Å²) in [6, 6.07) is 19.8. The highest BCUT2D eigenvalue weighted by Crippen LogP contribution is 2.54. The number of halogens is 1. The van der Waals surface area contributed by atoms with Gasteiger partial charge in [-0.1, -0.05) is 31.2 Å². The molecule has 4 atom stereocenters. The van der Waals surface area contributed by atoms with E-state index >= 15 is 4.79 Å². The van der Waals surface area contributed by atoms with E-state index in [-0.39, 0.29) is 54.7 Å². The molecule has 2 saturated heterocycles. The van der Waals surface area contributed by atoms with Crippen molar-refractivity contribution in [1.82, 2.24) is 24.5 Å². The molecule has 3 aromatic carbocycles. The third-order valence-corrected chi connectivity index (χ3v) is 13.2. The number of amides is 3. The predicted molar refractivity (Wildman–Crippen MR) is 223 cm³/mol. The van der Waals surface area contributed by atoms with Gasteiger partial charge in [0.2, 0.25) is 5.95 Å². The summed E-state index contributed by atoms with van der Waals surface area (Å²) in [6.45, 7) is 9.50. The molecular weight excluding hydrogens is 768 g/mol. The van der Waals surface area contributed by atoms with Crippen LogP contribution in [0.1, 0.15) is 83.5 Å². The van der Waals surface area contributed by atoms with Gasteiger partial charge in [0, 0.05) is 55.0 Å². The fraction of sp³-hybridized carbons (Fsp3) is 0.400. The van der Waals surface area contributed by atoms with E-state index in [1.807, 2.05) is 43.3 Å². The Balaban J connectivity index is 1.08. The maximum Gasteiger partial charge on any atom is 0.331 e. The minimum atomic E-state index is -1.36. The summed E-state index contributed by atoms with van der Waals surface area (Å²) in [5.41, 5.74) is 6.90. The zero-order chi connectivity index (χ0) is 41.6. The number of para-hydroxylation sites is 1. The third kappa shape index (κ3) is 5.96. The molecular formula is C45H47FN8O6. The number of urea groups is 1. The fourth-order valence-electron chi connectivity index (χ4n) is 9.91. The van der Waals surface area contributed by atoms with Crippen LogP contribution in [0.5, 0.6) is 0 Å². The molecule has 3 amide bonds. The van der Waals surface area contributed by atoms with Gasteiger partial charge in [0.05, 0.1) is 17.4 Å². The van der Waals surface area contributed by atoms with Crippen LogP contribution in [0, 0.1) is 25.6 Å². The average Bonchev–Trinajstić information content (AvgIpc) is 3.58. The second kappa shape index (κ2) is 14.4. The summed E-state index contributed by atoms with van der Waals surface area (Å²) >= 11 is 0. The number of benzene rings is 3. The van der Waals surface area contributed by atoms with Crippen LogP contribution in [-0.4, -0.2) is 81.2 Å². The van der Waals surface area contributed by atoms with Gasteiger partial charge < -0.3 is 19.3 Å². The zero-order valence-corrected chi connectivity index (χ0v) is 34.0. The number of nitrogens with zero attached hydrogens (tertiary/aromatic N) is 7. The van der Waals surface area contributed by atoms with E-state index in [1.54, 1.807) is 35.8 Å². The summed E-state index contributed by atoms with van der Waals surface area (Å²) in [7, 11) is 0. The molecule has 1 unspecified atom stereocenters. The van der Waals surface area contributed by atoms with Gasteiger partial charge in [0.15, 0.2) is 5.84 Å². The summed E-state index contributed by atoms with van der Waals surface area (Å²) in [5.74, 6) is 0.353. The number of aliphatic hydroxyl groups is 1. The van der Waals surface area contributed by atoms with Crippen molar-refractivity contribution in [3.63, 3.8) is 0 Å². The molecule has 15 heteroatoms. The van der Waals surface area contributed by atoms with Gasteiger partial charge in [-0.3, -0.25) is 19.4 Å². The number of anilines is 2. The molecule has 14 nitrogen and oxygen atoms in total. The Hall–Kier alpha value is -5.90. The number of aliphatic imine (C=N–C) groups is 1. The zero-order valence-electron chi connectivity index (χ0n) is 34.0. The summed E-state index contributed by atoms with van der Waals surface area (Å²) in [5, 5.41) is 11.2. The lowest BCUT2D eigenvalue weighted by atomic mass is 9.91. The molecule has 3 fully saturated rings. The molecule has 0 radical (unpaired) electrons. The van der Waals surface area contributed by atoms with E-state index in [1.165, 1.54) is 15.0 Å². The van der Waals surface area contributed by atoms with Gasteiger partial charge in [-0.2, -0.15) is 0 Å². The molecule has 5 aliphatic rings. The van der Waals surface area contributed by atoms with Crippen LogP contribution in [0.25, 0.3) is 16.6 Å². The molecule has 0 bridgehead atoms. The van der Waals surface area contributed by atoms with Gasteiger partial charge in [-0.05, 0) is 117 Å². The standard InChI is InChI=1S/C45H47FN8O6/c1-25-20-33(21-26(2)37(25)46)53-39(55)34-12-15-50(28(4)38(34)47-42(53)52-17-16-51(44(52)58)32-8-6-5-7-9-32)40(56)36-23-31-22-30(29-13-18-59-19-14-29)10-11-35(31)54(36)45(24-27(45)3)41-48-43(57)60-49-41/h5-11,20-23,27-29,43,57H,12-19,24H2,1-4H3,(H,48,49)/t27-,28-,43?,45+/m1/s1. The van der Waals surface area contributed by atoms with E-state index in [9.17, 15) is 19.1 Å². The SMILES string of the molecule is Cc1cc(-n2c(N3CCN(c4ccccc4)C3=O)nc3c(c2=O)CCN(C(=O)c2cc4cc(C5CCOCC5)ccc4n2[C@@]2(C4=NC(O)ON4)C[C@H]2C)[C@@H]3C)cc(C)c1F. The molecule has 1 saturated carbocycles. The number of aliphatic hydroxyl groups excluding tert-OH is 1. The largest absolute Gasteiger partial charge is 0.381 e. The van der Waals surface area contributed by atoms with E-state index in [4.69, 9.17) is 14.6 Å². The Morgan fingerprint density at radius 3 is 2.33 bits per heavy atom. The molecule has 2 N–H and O–H groups in total. The van der Waals surface area contributed by atoms with E-state index < -0.39 is 18.0 Å². The van der Waals surface area contributed by atoms with Crippen molar-refractivity contribution in [1.29, 1.82) is 0 Å². The number of hydroxylamine groups is 1. The first-order chi connectivity index (χ1) is 29.0. The maximum absolute atomic E-state index is 15.3. The smallest absolute Gasteiger partial charge is 0.331 e. The minimum Gasteiger partial charge on any atom is -0.381 e. The van der Waals surface area contributed by atoms with Crippen molar-refractivity contribution in [2.75, 3.05) is 42.6 Å². The highest BCUT2D eigenvalue weighted by molar-refractivity contribution is 6.05. The topological polar surface area (TPSA) is 147 Å². The maximum atomic E-state index is 15.3. The molecule has 310 valence electrons. The minimum absolute atomic E-state index is 0.0596. The quantitative estimate of drug-likeness (QED) is 0.204. The Morgan fingerprint density at radius 1 is 0.933 bits per heavy atom. The first-order valence-electron chi connectivity index (χ1n) is 20.8. The number of ether oxygens (including phenoxy) is 1. The van der Waals surface area contributed by atoms with Crippen LogP contribution in [0.2, 0.25) is 0 Å². The van der Waals surface area contributed by atoms with Crippen LogP contribution in [0.3, 0.4) is 0 Å². The highest BCUT2D eigenvalue weighted by Gasteiger charge is 2.60. The molecule has 60 heavy (non-hydrogen) atoms. The Labute approximate surface area is 345 Å². The predicted octanol–water partition coefficient (Wildman–Crippen LogP) is 5.99. The van der Waals surface area contributed by atoms with Crippen LogP contribution in [0.4, 0.5) is 20.8 Å². The lowest BCUT2D eigenvalue weighted by Gasteiger charge is -2.36. The average molecular weight is 815 g/mol. The third-order valence-electron chi connectivity index (χ3n) is 13.2. The number of nitrogens with one attached hydrogen (secondary N) is 1. The van der Waals surface area contributed by atoms with Crippen LogP contribution in [0.15, 0.2) is 76.5 Å². The van der Waals surface area contributed by atoms with Crippen LogP contribution < -0.4 is 20.8 Å². The second-order valence-electron chi connectivity index (χ2n) is 16.8. The highest BCUT2D eigenvalue weighted by atomic mass is 19.1. The van der Waals surface area contributed by atoms with Gasteiger partial charge in [-0.15, -0.1) is 0 Å².